The van der Waals surface area contributed by atoms with Crippen molar-refractivity contribution in [3.8, 4) is 0 Å². The number of hydrogen-bond donors (Lipinski definition) is 3. The summed E-state index contributed by atoms with van der Waals surface area (Å²) in [5, 5.41) is 30.7. The Balaban J connectivity index is 1.70. The first-order chi connectivity index (χ1) is 16.0. The van der Waals surface area contributed by atoms with Crippen LogP contribution in [0.4, 0.5) is 0 Å². The third-order valence-electron chi connectivity index (χ3n) is 8.88. The van der Waals surface area contributed by atoms with Crippen molar-refractivity contribution in [2.75, 3.05) is 6.61 Å². The molecule has 0 aromatic heterocycles. The molecule has 0 heterocycles. The quantitative estimate of drug-likeness (QED) is 0.353. The number of carbonyl (C=O) groups excluding carboxylic acids is 1. The molecule has 7 atom stereocenters. The monoisotopic (exact) mass is 474 g/mol. The molecule has 34 heavy (non-hydrogen) atoms. The Morgan fingerprint density at radius 2 is 1.85 bits per heavy atom. The fourth-order valence-electron chi connectivity index (χ4n) is 6.77. The van der Waals surface area contributed by atoms with Gasteiger partial charge in [0.05, 0.1) is 30.3 Å². The van der Waals surface area contributed by atoms with E-state index in [4.69, 9.17) is 4.74 Å². The molecule has 0 aliphatic heterocycles. The van der Waals surface area contributed by atoms with Crippen LogP contribution in [0.2, 0.25) is 0 Å². The number of carbonyl (C=O) groups is 1. The molecule has 0 aromatic carbocycles. The van der Waals surface area contributed by atoms with Gasteiger partial charge in [0.2, 0.25) is 0 Å². The summed E-state index contributed by atoms with van der Waals surface area (Å²) in [5.74, 6) is 1.02. The third-order valence-corrected chi connectivity index (χ3v) is 8.88. The van der Waals surface area contributed by atoms with Gasteiger partial charge in [-0.2, -0.15) is 0 Å². The van der Waals surface area contributed by atoms with Gasteiger partial charge in [-0.15, -0.1) is 0 Å². The van der Waals surface area contributed by atoms with Gasteiger partial charge in [0.25, 0.3) is 0 Å². The molecule has 0 aromatic rings. The first-order valence-electron chi connectivity index (χ1n) is 13.3. The van der Waals surface area contributed by atoms with Crippen molar-refractivity contribution in [1.82, 2.24) is 0 Å². The van der Waals surface area contributed by atoms with Gasteiger partial charge in [-0.25, -0.2) is 0 Å². The summed E-state index contributed by atoms with van der Waals surface area (Å²) in [6.07, 6.45) is 14.3. The minimum Gasteiger partial charge on any atom is -0.465 e. The zero-order valence-electron chi connectivity index (χ0n) is 21.8. The van der Waals surface area contributed by atoms with Crippen LogP contribution >= 0.6 is 0 Å². The molecule has 5 heteroatoms. The number of allylic oxidation sites excluding steroid dienone is 4. The third kappa shape index (κ3) is 5.85. The normalized spacial score (nSPS) is 35.3. The smallest absolute Gasteiger partial charge is 0.314 e. The average Bonchev–Trinajstić information content (AvgIpc) is 3.12. The minimum atomic E-state index is -0.969. The number of rotatable bonds is 7. The van der Waals surface area contributed by atoms with Crippen LogP contribution in [0.15, 0.2) is 35.5 Å². The lowest BCUT2D eigenvalue weighted by Crippen LogP contribution is -2.38. The fraction of sp³-hybridized carbons (Fsp3) is 0.759. The van der Waals surface area contributed by atoms with Crippen LogP contribution in [0.3, 0.4) is 0 Å². The molecule has 192 valence electrons. The van der Waals surface area contributed by atoms with Crippen LogP contribution in [0, 0.1) is 28.6 Å². The Bertz CT molecular complexity index is 797. The number of ether oxygens (including phenoxy) is 1. The maximum atomic E-state index is 12.2. The molecule has 0 saturated heterocycles. The Morgan fingerprint density at radius 1 is 1.18 bits per heavy atom. The van der Waals surface area contributed by atoms with Crippen molar-refractivity contribution < 1.29 is 24.9 Å². The second-order valence-corrected chi connectivity index (χ2v) is 11.7. The van der Waals surface area contributed by atoms with E-state index < -0.39 is 23.7 Å². The zero-order valence-corrected chi connectivity index (χ0v) is 21.8. The molecule has 0 unspecified atom stereocenters. The van der Waals surface area contributed by atoms with Gasteiger partial charge in [0.1, 0.15) is 0 Å². The molecule has 3 fully saturated rings. The average molecular weight is 475 g/mol. The molecule has 3 aliphatic rings. The van der Waals surface area contributed by atoms with E-state index >= 15 is 0 Å². The Morgan fingerprint density at radius 3 is 2.50 bits per heavy atom. The van der Waals surface area contributed by atoms with Crippen molar-refractivity contribution in [2.45, 2.75) is 104 Å². The van der Waals surface area contributed by atoms with E-state index in [0.717, 1.165) is 18.4 Å². The zero-order chi connectivity index (χ0) is 25.1. The molecule has 0 amide bonds. The van der Waals surface area contributed by atoms with Gasteiger partial charge in [-0.3, -0.25) is 4.79 Å². The van der Waals surface area contributed by atoms with Crippen molar-refractivity contribution >= 4 is 5.97 Å². The second kappa shape index (κ2) is 11.1. The standard InChI is InChI=1S/C29H46O5/c1-6-34-27(33)28(3,4)26(32)14-9-19(2)24-12-13-25-21(8-7-15-29(24,25)5)11-10-20-16-22(30)18-23(31)17-20/h9-11,14,19,22-26,30-32H,6-8,12-13,15-18H2,1-5H3/t19-,22-,23-,24-,25+,26+,29-/m1/s1. The Labute approximate surface area is 206 Å². The van der Waals surface area contributed by atoms with E-state index in [1.54, 1.807) is 26.8 Å². The molecule has 5 nitrogen and oxygen atoms in total. The number of fused-ring (bicyclic) bond motifs is 1. The summed E-state index contributed by atoms with van der Waals surface area (Å²) in [4.78, 5) is 12.2. The second-order valence-electron chi connectivity index (χ2n) is 11.7. The Hall–Kier alpha value is -1.43. The Kier molecular flexibility index (Phi) is 8.86. The van der Waals surface area contributed by atoms with Gasteiger partial charge < -0.3 is 20.1 Å². The molecule has 3 saturated carbocycles. The lowest BCUT2D eigenvalue weighted by molar-refractivity contribution is -0.158. The van der Waals surface area contributed by atoms with Crippen LogP contribution in [-0.4, -0.2) is 46.2 Å². The molecule has 3 rings (SSSR count). The first kappa shape index (κ1) is 27.2. The largest absolute Gasteiger partial charge is 0.465 e. The summed E-state index contributed by atoms with van der Waals surface area (Å²) >= 11 is 0. The molecule has 3 N–H and O–H groups in total. The lowest BCUT2D eigenvalue weighted by atomic mass is 9.61. The number of hydrogen-bond acceptors (Lipinski definition) is 5. The van der Waals surface area contributed by atoms with Gasteiger partial charge in [0.15, 0.2) is 0 Å². The van der Waals surface area contributed by atoms with Crippen molar-refractivity contribution in [2.24, 2.45) is 28.6 Å². The van der Waals surface area contributed by atoms with E-state index in [1.807, 2.05) is 0 Å². The summed E-state index contributed by atoms with van der Waals surface area (Å²) in [7, 11) is 0. The number of aliphatic hydroxyl groups is 3. The predicted molar refractivity (Wildman–Crippen MR) is 135 cm³/mol. The maximum absolute atomic E-state index is 12.2. The van der Waals surface area contributed by atoms with Crippen LogP contribution in [0.5, 0.6) is 0 Å². The minimum absolute atomic E-state index is 0.222. The summed E-state index contributed by atoms with van der Waals surface area (Å²) in [6, 6.07) is 0. The highest BCUT2D eigenvalue weighted by molar-refractivity contribution is 5.77. The van der Waals surface area contributed by atoms with Gasteiger partial charge >= 0.3 is 5.97 Å². The summed E-state index contributed by atoms with van der Waals surface area (Å²) in [6.45, 7) is 10.2. The number of esters is 1. The van der Waals surface area contributed by atoms with Crippen LogP contribution in [0.25, 0.3) is 0 Å². The SMILES string of the molecule is CCOC(=O)C(C)(C)[C@@H](O)C=C[C@@H](C)[C@H]1CC[C@H]2C(=CC=C3C[C@@H](O)C[C@H](O)C3)CCC[C@]12C. The van der Waals surface area contributed by atoms with Crippen LogP contribution in [-0.2, 0) is 9.53 Å². The van der Waals surface area contributed by atoms with E-state index in [0.29, 0.717) is 43.6 Å². The molecule has 0 bridgehead atoms. The van der Waals surface area contributed by atoms with Gasteiger partial charge in [-0.1, -0.05) is 49.3 Å². The highest BCUT2D eigenvalue weighted by atomic mass is 16.5. The highest BCUT2D eigenvalue weighted by Gasteiger charge is 2.50. The molecule has 0 radical (unpaired) electrons. The predicted octanol–water partition coefficient (Wildman–Crippen LogP) is 5.10. The van der Waals surface area contributed by atoms with Crippen molar-refractivity contribution in [3.05, 3.63) is 35.5 Å². The van der Waals surface area contributed by atoms with Crippen LogP contribution in [0.1, 0.15) is 86.0 Å². The van der Waals surface area contributed by atoms with Gasteiger partial charge in [-0.05, 0) is 95.3 Å². The molecule has 0 spiro atoms. The maximum Gasteiger partial charge on any atom is 0.314 e. The molecular weight excluding hydrogens is 428 g/mol. The van der Waals surface area contributed by atoms with E-state index in [9.17, 15) is 20.1 Å². The topological polar surface area (TPSA) is 87.0 Å². The number of aliphatic hydroxyl groups excluding tert-OH is 3. The fourth-order valence-corrected chi connectivity index (χ4v) is 6.77. The molecule has 3 aliphatic carbocycles. The highest BCUT2D eigenvalue weighted by Crippen LogP contribution is 2.59. The van der Waals surface area contributed by atoms with Gasteiger partial charge in [0, 0.05) is 0 Å². The molecular formula is C29H46O5. The van der Waals surface area contributed by atoms with Crippen molar-refractivity contribution in [1.29, 1.82) is 0 Å². The first-order valence-corrected chi connectivity index (χ1v) is 13.3. The lowest BCUT2D eigenvalue weighted by Gasteiger charge is -2.44. The van der Waals surface area contributed by atoms with E-state index in [-0.39, 0.29) is 11.4 Å². The summed E-state index contributed by atoms with van der Waals surface area (Å²) in [5.41, 5.74) is 1.91. The van der Waals surface area contributed by atoms with E-state index in [2.05, 4.69) is 32.1 Å². The summed E-state index contributed by atoms with van der Waals surface area (Å²) < 4.78 is 5.14. The van der Waals surface area contributed by atoms with E-state index in [1.165, 1.54) is 24.8 Å². The van der Waals surface area contributed by atoms with Crippen molar-refractivity contribution in [3.63, 3.8) is 0 Å². The van der Waals surface area contributed by atoms with Crippen LogP contribution < -0.4 is 0 Å².